The lowest BCUT2D eigenvalue weighted by Gasteiger charge is -2.33. The van der Waals surface area contributed by atoms with Crippen LogP contribution in [0.4, 0.5) is 4.79 Å². The van der Waals surface area contributed by atoms with E-state index in [1.807, 2.05) is 0 Å². The van der Waals surface area contributed by atoms with Crippen LogP contribution in [-0.2, 0) is 4.74 Å². The molecule has 7 nitrogen and oxygen atoms in total. The largest absolute Gasteiger partial charge is 0.409 e. The van der Waals surface area contributed by atoms with Gasteiger partial charge in [-0.15, -0.1) is 0 Å². The molecule has 19 heavy (non-hydrogen) atoms. The van der Waals surface area contributed by atoms with E-state index in [4.69, 9.17) is 15.7 Å². The number of morpholine rings is 1. The van der Waals surface area contributed by atoms with Gasteiger partial charge in [-0.05, 0) is 5.92 Å². The Morgan fingerprint density at radius 2 is 2.11 bits per heavy atom. The summed E-state index contributed by atoms with van der Waals surface area (Å²) in [6.45, 7) is 7.66. The smallest absolute Gasteiger partial charge is 0.320 e. The van der Waals surface area contributed by atoms with Crippen LogP contribution in [0.25, 0.3) is 0 Å². The summed E-state index contributed by atoms with van der Waals surface area (Å²) in [7, 11) is 0. The molecule has 1 saturated heterocycles. The highest BCUT2D eigenvalue weighted by molar-refractivity contribution is 5.81. The van der Waals surface area contributed by atoms with Crippen LogP contribution in [0.2, 0.25) is 0 Å². The van der Waals surface area contributed by atoms with Crippen molar-refractivity contribution >= 4 is 11.9 Å². The summed E-state index contributed by atoms with van der Waals surface area (Å²) in [5.41, 5.74) is 5.46. The molecule has 2 amide bonds. The maximum Gasteiger partial charge on any atom is 0.320 e. The molecule has 0 atom stereocenters. The number of nitrogens with zero attached hydrogens (tertiary/aromatic N) is 3. The van der Waals surface area contributed by atoms with E-state index in [0.717, 1.165) is 0 Å². The lowest BCUT2D eigenvalue weighted by Crippen LogP contribution is -2.49. The minimum Gasteiger partial charge on any atom is -0.409 e. The van der Waals surface area contributed by atoms with Gasteiger partial charge in [0, 0.05) is 32.6 Å². The number of hydrogen-bond acceptors (Lipinski definition) is 4. The molecule has 1 aliphatic rings. The molecule has 0 aliphatic carbocycles. The second-order valence-electron chi connectivity index (χ2n) is 5.06. The molecule has 7 heteroatoms. The first-order valence-corrected chi connectivity index (χ1v) is 6.62. The highest BCUT2D eigenvalue weighted by Crippen LogP contribution is 2.07. The van der Waals surface area contributed by atoms with Gasteiger partial charge in [0.15, 0.2) is 0 Å². The second kappa shape index (κ2) is 7.83. The Morgan fingerprint density at radius 1 is 1.47 bits per heavy atom. The standard InChI is InChI=1S/C12H24N4O3/c1-10(2)9-16(4-3-11(13)14-18)12(17)15-5-7-19-8-6-15/h10,18H,3-9H2,1-2H3,(H2,13,14). The maximum absolute atomic E-state index is 12.4. The normalized spacial score (nSPS) is 16.8. The maximum atomic E-state index is 12.4. The van der Waals surface area contributed by atoms with Gasteiger partial charge in [-0.3, -0.25) is 0 Å². The zero-order valence-corrected chi connectivity index (χ0v) is 11.7. The van der Waals surface area contributed by atoms with E-state index in [0.29, 0.717) is 51.7 Å². The van der Waals surface area contributed by atoms with E-state index in [1.165, 1.54) is 0 Å². The number of rotatable bonds is 5. The van der Waals surface area contributed by atoms with Crippen LogP contribution in [0.15, 0.2) is 5.16 Å². The van der Waals surface area contributed by atoms with E-state index < -0.39 is 0 Å². The molecule has 0 bridgehead atoms. The van der Waals surface area contributed by atoms with Crippen molar-refractivity contribution in [3.8, 4) is 0 Å². The number of carbonyl (C=O) groups excluding carboxylic acids is 1. The van der Waals surface area contributed by atoms with Gasteiger partial charge in [0.1, 0.15) is 5.84 Å². The predicted molar refractivity (Wildman–Crippen MR) is 72.2 cm³/mol. The summed E-state index contributed by atoms with van der Waals surface area (Å²) in [4.78, 5) is 15.9. The summed E-state index contributed by atoms with van der Waals surface area (Å²) in [6.07, 6.45) is 0.374. The third-order valence-corrected chi connectivity index (χ3v) is 2.90. The van der Waals surface area contributed by atoms with Crippen LogP contribution in [0.5, 0.6) is 0 Å². The van der Waals surface area contributed by atoms with E-state index in [1.54, 1.807) is 9.80 Å². The highest BCUT2D eigenvalue weighted by Gasteiger charge is 2.23. The molecule has 0 unspecified atom stereocenters. The molecule has 0 aromatic carbocycles. The number of amidine groups is 1. The van der Waals surface area contributed by atoms with E-state index in [9.17, 15) is 4.79 Å². The molecular weight excluding hydrogens is 248 g/mol. The molecule has 1 fully saturated rings. The zero-order chi connectivity index (χ0) is 14.3. The summed E-state index contributed by atoms with van der Waals surface area (Å²) >= 11 is 0. The topological polar surface area (TPSA) is 91.4 Å². The first kappa shape index (κ1) is 15.6. The highest BCUT2D eigenvalue weighted by atomic mass is 16.5. The third-order valence-electron chi connectivity index (χ3n) is 2.90. The number of amides is 2. The number of ether oxygens (including phenoxy) is 1. The van der Waals surface area contributed by atoms with Crippen molar-refractivity contribution in [3.63, 3.8) is 0 Å². The Morgan fingerprint density at radius 3 is 2.63 bits per heavy atom. The van der Waals surface area contributed by atoms with Crippen molar-refractivity contribution in [3.05, 3.63) is 0 Å². The Balaban J connectivity index is 2.58. The first-order valence-electron chi connectivity index (χ1n) is 6.62. The summed E-state index contributed by atoms with van der Waals surface area (Å²) in [5, 5.41) is 11.5. The molecule has 0 saturated carbocycles. The quantitative estimate of drug-likeness (QED) is 0.330. The fourth-order valence-corrected chi connectivity index (χ4v) is 1.96. The van der Waals surface area contributed by atoms with Gasteiger partial charge in [-0.25, -0.2) is 4.79 Å². The van der Waals surface area contributed by atoms with Crippen molar-refractivity contribution in [1.82, 2.24) is 9.80 Å². The Hall–Kier alpha value is -1.50. The van der Waals surface area contributed by atoms with Crippen molar-refractivity contribution in [2.24, 2.45) is 16.8 Å². The van der Waals surface area contributed by atoms with Crippen LogP contribution in [0, 0.1) is 5.92 Å². The molecule has 0 radical (unpaired) electrons. The van der Waals surface area contributed by atoms with Crippen molar-refractivity contribution < 1.29 is 14.7 Å². The van der Waals surface area contributed by atoms with Gasteiger partial charge >= 0.3 is 6.03 Å². The summed E-state index contributed by atoms with van der Waals surface area (Å²) in [6, 6.07) is 0.00254. The minimum atomic E-state index is 0.00254. The zero-order valence-electron chi connectivity index (χ0n) is 11.7. The molecule has 1 heterocycles. The average molecular weight is 272 g/mol. The SMILES string of the molecule is CC(C)CN(CCC(N)=NO)C(=O)N1CCOCC1. The molecule has 110 valence electrons. The number of urea groups is 1. The van der Waals surface area contributed by atoms with Crippen molar-refractivity contribution in [2.75, 3.05) is 39.4 Å². The van der Waals surface area contributed by atoms with Gasteiger partial charge in [0.25, 0.3) is 0 Å². The van der Waals surface area contributed by atoms with E-state index >= 15 is 0 Å². The Labute approximate surface area is 114 Å². The van der Waals surface area contributed by atoms with Crippen LogP contribution < -0.4 is 5.73 Å². The Kier molecular flexibility index (Phi) is 6.41. The van der Waals surface area contributed by atoms with Crippen LogP contribution >= 0.6 is 0 Å². The molecule has 3 N–H and O–H groups in total. The fraction of sp³-hybridized carbons (Fsp3) is 0.833. The summed E-state index contributed by atoms with van der Waals surface area (Å²) < 4.78 is 5.24. The number of nitrogens with two attached hydrogens (primary N) is 1. The number of oxime groups is 1. The molecule has 0 aromatic heterocycles. The van der Waals surface area contributed by atoms with Gasteiger partial charge < -0.3 is 25.5 Å². The molecule has 0 spiro atoms. The molecule has 0 aromatic rings. The lowest BCUT2D eigenvalue weighted by atomic mass is 10.2. The lowest BCUT2D eigenvalue weighted by molar-refractivity contribution is 0.0425. The first-order chi connectivity index (χ1) is 9.04. The van der Waals surface area contributed by atoms with Crippen LogP contribution in [-0.4, -0.2) is 66.3 Å². The van der Waals surface area contributed by atoms with E-state index in [-0.39, 0.29) is 11.9 Å². The van der Waals surface area contributed by atoms with Crippen LogP contribution in [0.3, 0.4) is 0 Å². The average Bonchev–Trinajstić information content (AvgIpc) is 2.42. The van der Waals surface area contributed by atoms with Gasteiger partial charge in [-0.2, -0.15) is 0 Å². The summed E-state index contributed by atoms with van der Waals surface area (Å²) in [5.74, 6) is 0.515. The number of hydrogen-bond donors (Lipinski definition) is 2. The third kappa shape index (κ3) is 5.34. The fourth-order valence-electron chi connectivity index (χ4n) is 1.96. The molecule has 1 rings (SSSR count). The van der Waals surface area contributed by atoms with Gasteiger partial charge in [0.2, 0.25) is 0 Å². The molecular formula is C12H24N4O3. The number of carbonyl (C=O) groups is 1. The minimum absolute atomic E-state index is 0.00254. The molecule has 1 aliphatic heterocycles. The van der Waals surface area contributed by atoms with Crippen LogP contribution in [0.1, 0.15) is 20.3 Å². The predicted octanol–water partition coefficient (Wildman–Crippen LogP) is 0.533. The van der Waals surface area contributed by atoms with Gasteiger partial charge in [-0.1, -0.05) is 19.0 Å². The van der Waals surface area contributed by atoms with E-state index in [2.05, 4.69) is 19.0 Å². The monoisotopic (exact) mass is 272 g/mol. The van der Waals surface area contributed by atoms with Crippen molar-refractivity contribution in [1.29, 1.82) is 0 Å². The van der Waals surface area contributed by atoms with Crippen molar-refractivity contribution in [2.45, 2.75) is 20.3 Å². The second-order valence-corrected chi connectivity index (χ2v) is 5.06. The van der Waals surface area contributed by atoms with Gasteiger partial charge in [0.05, 0.1) is 13.2 Å². The Bertz CT molecular complexity index is 314.